The molecule has 4 rings (SSSR count). The van der Waals surface area contributed by atoms with Crippen molar-refractivity contribution in [1.29, 1.82) is 0 Å². The molecule has 6 nitrogen and oxygen atoms in total. The Morgan fingerprint density at radius 2 is 1.80 bits per heavy atom. The normalized spacial score (nSPS) is 10.9. The number of thiophene rings is 1. The minimum Gasteiger partial charge on any atom is -0.306 e. The zero-order valence-electron chi connectivity index (χ0n) is 12.8. The van der Waals surface area contributed by atoms with Crippen molar-refractivity contribution in [2.45, 2.75) is 0 Å². The molecule has 122 valence electrons. The SMILES string of the molecule is O=c1[nH]c(-c2cccc([N+](=O)[O-])c2)nc2scc(-c3ccccc3)c12. The summed E-state index contributed by atoms with van der Waals surface area (Å²) in [6.45, 7) is 0. The fraction of sp³-hybridized carbons (Fsp3) is 0. The first-order valence-electron chi connectivity index (χ1n) is 7.45. The second kappa shape index (κ2) is 5.95. The molecule has 0 bridgehead atoms. The van der Waals surface area contributed by atoms with Gasteiger partial charge >= 0.3 is 0 Å². The molecule has 0 fully saturated rings. The standard InChI is InChI=1S/C18H11N3O3S/c22-17-15-14(11-5-2-1-3-6-11)10-25-18(15)20-16(19-17)12-7-4-8-13(9-12)21(23)24/h1-10H,(H,19,20,22). The Kier molecular flexibility index (Phi) is 3.62. The highest BCUT2D eigenvalue weighted by Gasteiger charge is 2.15. The van der Waals surface area contributed by atoms with Gasteiger partial charge in [-0.25, -0.2) is 4.98 Å². The third-order valence-corrected chi connectivity index (χ3v) is 4.73. The molecule has 25 heavy (non-hydrogen) atoms. The maximum absolute atomic E-state index is 12.6. The van der Waals surface area contributed by atoms with Gasteiger partial charge in [0.15, 0.2) is 0 Å². The number of hydrogen-bond donors (Lipinski definition) is 1. The summed E-state index contributed by atoms with van der Waals surface area (Å²) in [6.07, 6.45) is 0. The molecule has 0 unspecified atom stereocenters. The quantitative estimate of drug-likeness (QED) is 0.443. The highest BCUT2D eigenvalue weighted by molar-refractivity contribution is 7.17. The summed E-state index contributed by atoms with van der Waals surface area (Å²) in [7, 11) is 0. The van der Waals surface area contributed by atoms with Gasteiger partial charge in [0.25, 0.3) is 11.2 Å². The summed E-state index contributed by atoms with van der Waals surface area (Å²) in [5, 5.41) is 13.4. The minimum absolute atomic E-state index is 0.0450. The van der Waals surface area contributed by atoms with E-state index >= 15 is 0 Å². The Bertz CT molecular complexity index is 1150. The average molecular weight is 349 g/mol. The van der Waals surface area contributed by atoms with Crippen LogP contribution in [-0.4, -0.2) is 14.9 Å². The summed E-state index contributed by atoms with van der Waals surface area (Å²) < 4.78 is 0. The van der Waals surface area contributed by atoms with Crippen molar-refractivity contribution in [2.75, 3.05) is 0 Å². The van der Waals surface area contributed by atoms with Crippen LogP contribution in [0.2, 0.25) is 0 Å². The second-order valence-corrected chi connectivity index (χ2v) is 6.28. The number of nitrogens with one attached hydrogen (secondary N) is 1. The molecule has 0 saturated carbocycles. The Morgan fingerprint density at radius 1 is 1.04 bits per heavy atom. The first-order valence-corrected chi connectivity index (χ1v) is 8.33. The Balaban J connectivity index is 1.89. The zero-order valence-corrected chi connectivity index (χ0v) is 13.6. The van der Waals surface area contributed by atoms with E-state index in [1.165, 1.54) is 23.5 Å². The van der Waals surface area contributed by atoms with Crippen molar-refractivity contribution in [2.24, 2.45) is 0 Å². The fourth-order valence-electron chi connectivity index (χ4n) is 2.68. The van der Waals surface area contributed by atoms with E-state index in [0.29, 0.717) is 21.6 Å². The van der Waals surface area contributed by atoms with Crippen molar-refractivity contribution in [3.05, 3.63) is 80.4 Å². The molecule has 2 aromatic heterocycles. The summed E-state index contributed by atoms with van der Waals surface area (Å²) in [5.74, 6) is 0.322. The number of aromatic nitrogens is 2. The largest absolute Gasteiger partial charge is 0.306 e. The number of nitro benzene ring substituents is 1. The molecule has 4 aromatic rings. The fourth-order valence-corrected chi connectivity index (χ4v) is 3.63. The van der Waals surface area contributed by atoms with E-state index in [1.807, 2.05) is 35.7 Å². The first kappa shape index (κ1) is 15.2. The number of nitro groups is 1. The van der Waals surface area contributed by atoms with Crippen LogP contribution in [0.5, 0.6) is 0 Å². The van der Waals surface area contributed by atoms with E-state index in [2.05, 4.69) is 9.97 Å². The molecule has 0 aliphatic heterocycles. The number of non-ortho nitro benzene ring substituents is 1. The van der Waals surface area contributed by atoms with Gasteiger partial charge in [0.05, 0.1) is 10.3 Å². The third-order valence-electron chi connectivity index (χ3n) is 3.86. The predicted molar refractivity (Wildman–Crippen MR) is 97.8 cm³/mol. The number of H-pyrrole nitrogens is 1. The van der Waals surface area contributed by atoms with Crippen LogP contribution < -0.4 is 5.56 Å². The molecule has 0 spiro atoms. The van der Waals surface area contributed by atoms with Crippen molar-refractivity contribution in [3.63, 3.8) is 0 Å². The van der Waals surface area contributed by atoms with Crippen molar-refractivity contribution in [3.8, 4) is 22.5 Å². The maximum Gasteiger partial charge on any atom is 0.270 e. The zero-order chi connectivity index (χ0) is 17.4. The topological polar surface area (TPSA) is 88.9 Å². The molecule has 2 heterocycles. The molecular formula is C18H11N3O3S. The summed E-state index contributed by atoms with van der Waals surface area (Å²) in [6, 6.07) is 15.7. The first-order chi connectivity index (χ1) is 12.1. The van der Waals surface area contributed by atoms with Gasteiger partial charge in [0.2, 0.25) is 0 Å². The van der Waals surface area contributed by atoms with Crippen LogP contribution in [-0.2, 0) is 0 Å². The van der Waals surface area contributed by atoms with Crippen molar-refractivity contribution in [1.82, 2.24) is 9.97 Å². The number of fused-ring (bicyclic) bond motifs is 1. The smallest absolute Gasteiger partial charge is 0.270 e. The minimum atomic E-state index is -0.473. The van der Waals surface area contributed by atoms with Crippen LogP contribution >= 0.6 is 11.3 Å². The van der Waals surface area contributed by atoms with Crippen LogP contribution in [0.4, 0.5) is 5.69 Å². The van der Waals surface area contributed by atoms with E-state index in [0.717, 1.165) is 11.1 Å². The van der Waals surface area contributed by atoms with Gasteiger partial charge in [-0.15, -0.1) is 11.3 Å². The molecule has 0 aliphatic rings. The molecule has 0 saturated heterocycles. The van der Waals surface area contributed by atoms with E-state index in [-0.39, 0.29) is 11.2 Å². The van der Waals surface area contributed by atoms with Crippen LogP contribution in [0.15, 0.2) is 64.8 Å². The molecule has 0 amide bonds. The molecule has 0 aliphatic carbocycles. The van der Waals surface area contributed by atoms with Crippen LogP contribution in [0.25, 0.3) is 32.7 Å². The lowest BCUT2D eigenvalue weighted by Gasteiger charge is -2.02. The Labute approximate surface area is 145 Å². The van der Waals surface area contributed by atoms with Gasteiger partial charge in [-0.3, -0.25) is 14.9 Å². The van der Waals surface area contributed by atoms with Gasteiger partial charge in [0.1, 0.15) is 10.7 Å². The number of aromatic amines is 1. The molecular weight excluding hydrogens is 338 g/mol. The number of nitrogens with zero attached hydrogens (tertiary/aromatic N) is 2. The lowest BCUT2D eigenvalue weighted by atomic mass is 10.1. The Morgan fingerprint density at radius 3 is 2.56 bits per heavy atom. The Hall–Kier alpha value is -3.32. The third kappa shape index (κ3) is 2.70. The van der Waals surface area contributed by atoms with Gasteiger partial charge in [-0.2, -0.15) is 0 Å². The van der Waals surface area contributed by atoms with Gasteiger partial charge in [-0.05, 0) is 5.56 Å². The second-order valence-electron chi connectivity index (χ2n) is 5.42. The lowest BCUT2D eigenvalue weighted by Crippen LogP contribution is -2.09. The van der Waals surface area contributed by atoms with Gasteiger partial charge in [0, 0.05) is 28.6 Å². The summed E-state index contributed by atoms with van der Waals surface area (Å²) in [4.78, 5) is 30.9. The highest BCUT2D eigenvalue weighted by atomic mass is 32.1. The number of benzene rings is 2. The van der Waals surface area contributed by atoms with E-state index in [4.69, 9.17) is 0 Å². The lowest BCUT2D eigenvalue weighted by molar-refractivity contribution is -0.384. The molecule has 0 radical (unpaired) electrons. The highest BCUT2D eigenvalue weighted by Crippen LogP contribution is 2.31. The van der Waals surface area contributed by atoms with Gasteiger partial charge < -0.3 is 4.98 Å². The molecule has 1 N–H and O–H groups in total. The van der Waals surface area contributed by atoms with Gasteiger partial charge in [-0.1, -0.05) is 42.5 Å². The molecule has 0 atom stereocenters. The number of hydrogen-bond acceptors (Lipinski definition) is 5. The average Bonchev–Trinajstić information content (AvgIpc) is 3.07. The monoisotopic (exact) mass is 349 g/mol. The molecule has 7 heteroatoms. The van der Waals surface area contributed by atoms with E-state index in [9.17, 15) is 14.9 Å². The van der Waals surface area contributed by atoms with Crippen LogP contribution in [0.3, 0.4) is 0 Å². The van der Waals surface area contributed by atoms with Crippen molar-refractivity contribution < 1.29 is 4.92 Å². The van der Waals surface area contributed by atoms with E-state index < -0.39 is 4.92 Å². The summed E-state index contributed by atoms with van der Waals surface area (Å²) in [5.41, 5.74) is 1.98. The molecule has 2 aromatic carbocycles. The predicted octanol–water partition coefficient (Wildman–Crippen LogP) is 4.23. The summed E-state index contributed by atoms with van der Waals surface area (Å²) >= 11 is 1.38. The van der Waals surface area contributed by atoms with Crippen molar-refractivity contribution >= 4 is 27.2 Å². The van der Waals surface area contributed by atoms with Crippen LogP contribution in [0, 0.1) is 10.1 Å². The van der Waals surface area contributed by atoms with Crippen LogP contribution in [0.1, 0.15) is 0 Å². The van der Waals surface area contributed by atoms with E-state index in [1.54, 1.807) is 12.1 Å². The number of rotatable bonds is 3. The maximum atomic E-state index is 12.6.